The monoisotopic (exact) mass is 193 g/mol. The first kappa shape index (κ1) is 10.3. The third-order valence-corrected chi connectivity index (χ3v) is 2.82. The largest absolute Gasteiger partial charge is 0.372 e. The smallest absolute Gasteiger partial charge is 0.0366 e. The summed E-state index contributed by atoms with van der Waals surface area (Å²) in [6.07, 6.45) is 3.83. The quantitative estimate of drug-likeness (QED) is 0.664. The summed E-state index contributed by atoms with van der Waals surface area (Å²) in [5.74, 6) is 0. The summed E-state index contributed by atoms with van der Waals surface area (Å²) in [7, 11) is 1.09. The van der Waals surface area contributed by atoms with Crippen LogP contribution in [-0.2, 0) is 0 Å². The third-order valence-electron chi connectivity index (χ3n) is 2.16. The van der Waals surface area contributed by atoms with Crippen LogP contribution < -0.4 is 10.2 Å². The van der Waals surface area contributed by atoms with Crippen molar-refractivity contribution in [3.63, 3.8) is 0 Å². The second-order valence-electron chi connectivity index (χ2n) is 2.85. The van der Waals surface area contributed by atoms with Gasteiger partial charge in [-0.3, -0.25) is 0 Å². The summed E-state index contributed by atoms with van der Waals surface area (Å²) in [5, 5.41) is 1.27. The van der Waals surface area contributed by atoms with Gasteiger partial charge in [0.25, 0.3) is 0 Å². The molecule has 0 aliphatic heterocycles. The molecule has 0 saturated heterocycles. The van der Waals surface area contributed by atoms with Crippen molar-refractivity contribution in [1.29, 1.82) is 0 Å². The van der Waals surface area contributed by atoms with Crippen molar-refractivity contribution in [3.05, 3.63) is 24.3 Å². The molecule has 0 atom stereocenters. The zero-order valence-electron chi connectivity index (χ0n) is 8.33. The van der Waals surface area contributed by atoms with Crippen LogP contribution in [-0.4, -0.2) is 19.4 Å². The zero-order valence-corrected chi connectivity index (χ0v) is 9.22. The van der Waals surface area contributed by atoms with Gasteiger partial charge < -0.3 is 4.90 Å². The molecule has 1 aromatic carbocycles. The van der Waals surface area contributed by atoms with Crippen LogP contribution in [0.3, 0.4) is 0 Å². The van der Waals surface area contributed by atoms with Gasteiger partial charge in [-0.2, -0.15) is 0 Å². The second kappa shape index (κ2) is 5.04. The van der Waals surface area contributed by atoms with Gasteiger partial charge in [-0.15, -0.1) is 0 Å². The van der Waals surface area contributed by atoms with Gasteiger partial charge in [0.15, 0.2) is 0 Å². The van der Waals surface area contributed by atoms with Crippen LogP contribution in [0.1, 0.15) is 13.8 Å². The Bertz CT molecular complexity index is 262. The predicted octanol–water partition coefficient (Wildman–Crippen LogP) is 2.54. The van der Waals surface area contributed by atoms with Crippen molar-refractivity contribution >= 4 is 25.5 Å². The first-order valence-electron chi connectivity index (χ1n) is 4.63. The maximum absolute atomic E-state index is 3.83. The van der Waals surface area contributed by atoms with Crippen molar-refractivity contribution in [2.45, 2.75) is 13.8 Å². The van der Waals surface area contributed by atoms with Gasteiger partial charge >= 0.3 is 0 Å². The molecule has 13 heavy (non-hydrogen) atoms. The van der Waals surface area contributed by atoms with Gasteiger partial charge in [-0.1, -0.05) is 14.5 Å². The van der Waals surface area contributed by atoms with Gasteiger partial charge in [0, 0.05) is 24.1 Å². The second-order valence-corrected chi connectivity index (χ2v) is 3.68. The zero-order chi connectivity index (χ0) is 9.68. The minimum Gasteiger partial charge on any atom is -0.372 e. The molecule has 0 bridgehead atoms. The lowest BCUT2D eigenvalue weighted by Crippen LogP contribution is -2.21. The number of anilines is 1. The molecule has 0 N–H and O–H groups in total. The Hall–Kier alpha value is -0.810. The van der Waals surface area contributed by atoms with Gasteiger partial charge in [-0.25, -0.2) is 0 Å². The maximum Gasteiger partial charge on any atom is 0.0366 e. The van der Waals surface area contributed by atoms with E-state index in [1.165, 1.54) is 11.0 Å². The Kier molecular flexibility index (Phi) is 3.98. The van der Waals surface area contributed by atoms with E-state index in [2.05, 4.69) is 49.3 Å². The Morgan fingerprint density at radius 2 is 1.69 bits per heavy atom. The molecule has 1 rings (SSSR count). The number of hydrogen-bond donors (Lipinski definition) is 0. The highest BCUT2D eigenvalue weighted by atomic mass is 31.1. The molecule has 0 aliphatic carbocycles. The molecule has 0 heterocycles. The summed E-state index contributed by atoms with van der Waals surface area (Å²) in [6.45, 7) is 6.49. The fraction of sp³-hybridized carbons (Fsp3) is 0.364. The molecule has 0 fully saturated rings. The minimum atomic E-state index is 1.07. The first-order valence-corrected chi connectivity index (χ1v) is 5.71. The predicted molar refractivity (Wildman–Crippen MR) is 63.7 cm³/mol. The lowest BCUT2D eigenvalue weighted by molar-refractivity contribution is 0.866. The summed E-state index contributed by atoms with van der Waals surface area (Å²) in [5.41, 5.74) is 1.30. The molecule has 0 aromatic heterocycles. The maximum atomic E-state index is 3.83. The lowest BCUT2D eigenvalue weighted by atomic mass is 10.3. The first-order chi connectivity index (χ1) is 6.31. The SMILES string of the molecule is C=Pc1ccc(N(CC)CC)cc1. The number of nitrogens with zero attached hydrogens (tertiary/aromatic N) is 1. The summed E-state index contributed by atoms with van der Waals surface area (Å²) in [6, 6.07) is 8.62. The number of benzene rings is 1. The fourth-order valence-electron chi connectivity index (χ4n) is 1.36. The fourth-order valence-corrected chi connectivity index (χ4v) is 1.72. The molecule has 0 radical (unpaired) electrons. The highest BCUT2D eigenvalue weighted by Gasteiger charge is 1.99. The van der Waals surface area contributed by atoms with Crippen LogP contribution >= 0.6 is 8.20 Å². The molecular weight excluding hydrogens is 177 g/mol. The molecular formula is C11H16NP. The van der Waals surface area contributed by atoms with Crippen molar-refractivity contribution in [3.8, 4) is 0 Å². The molecule has 1 aromatic rings. The standard InChI is InChI=1S/C11H16NP/c1-4-12(5-2)10-6-8-11(13-3)9-7-10/h6-9H,3-5H2,1-2H3. The molecule has 0 unspecified atom stereocenters. The summed E-state index contributed by atoms with van der Waals surface area (Å²) < 4.78 is 0. The van der Waals surface area contributed by atoms with E-state index in [0.29, 0.717) is 0 Å². The van der Waals surface area contributed by atoms with Gasteiger partial charge in [0.05, 0.1) is 0 Å². The lowest BCUT2D eigenvalue weighted by Gasteiger charge is -2.20. The molecule has 0 amide bonds. The van der Waals surface area contributed by atoms with E-state index in [1.807, 2.05) is 0 Å². The van der Waals surface area contributed by atoms with Crippen molar-refractivity contribution < 1.29 is 0 Å². The van der Waals surface area contributed by atoms with Gasteiger partial charge in [-0.05, 0) is 38.1 Å². The van der Waals surface area contributed by atoms with Crippen LogP contribution in [0.4, 0.5) is 5.69 Å². The third kappa shape index (κ3) is 2.57. The average Bonchev–Trinajstić information content (AvgIpc) is 2.21. The molecule has 2 heteroatoms. The van der Waals surface area contributed by atoms with E-state index in [9.17, 15) is 0 Å². The van der Waals surface area contributed by atoms with Crippen LogP contribution in [0.25, 0.3) is 0 Å². The topological polar surface area (TPSA) is 3.24 Å². The molecule has 70 valence electrons. The Morgan fingerprint density at radius 3 is 2.08 bits per heavy atom. The summed E-state index contributed by atoms with van der Waals surface area (Å²) >= 11 is 0. The Balaban J connectivity index is 2.83. The Morgan fingerprint density at radius 1 is 1.15 bits per heavy atom. The van der Waals surface area contributed by atoms with Gasteiger partial charge in [0.2, 0.25) is 0 Å². The van der Waals surface area contributed by atoms with E-state index < -0.39 is 0 Å². The molecule has 1 nitrogen and oxygen atoms in total. The van der Waals surface area contributed by atoms with Crippen LogP contribution in [0, 0.1) is 0 Å². The van der Waals surface area contributed by atoms with Crippen molar-refractivity contribution in [2.75, 3.05) is 18.0 Å². The van der Waals surface area contributed by atoms with Crippen molar-refractivity contribution in [1.82, 2.24) is 0 Å². The molecule has 0 saturated carbocycles. The number of hydrogen-bond acceptors (Lipinski definition) is 1. The van der Waals surface area contributed by atoms with Crippen LogP contribution in [0.5, 0.6) is 0 Å². The Labute approximate surface area is 82.2 Å². The molecule has 0 spiro atoms. The van der Waals surface area contributed by atoms with Crippen molar-refractivity contribution in [2.24, 2.45) is 0 Å². The average molecular weight is 193 g/mol. The van der Waals surface area contributed by atoms with E-state index in [1.54, 1.807) is 0 Å². The normalized spacial score (nSPS) is 10.3. The highest BCUT2D eigenvalue weighted by molar-refractivity contribution is 7.45. The minimum absolute atomic E-state index is 1.07. The van der Waals surface area contributed by atoms with Gasteiger partial charge in [0.1, 0.15) is 0 Å². The number of rotatable bonds is 4. The van der Waals surface area contributed by atoms with Crippen LogP contribution in [0.2, 0.25) is 0 Å². The van der Waals surface area contributed by atoms with E-state index in [-0.39, 0.29) is 0 Å². The summed E-state index contributed by atoms with van der Waals surface area (Å²) in [4.78, 5) is 2.34. The van der Waals surface area contributed by atoms with E-state index in [0.717, 1.165) is 21.3 Å². The highest BCUT2D eigenvalue weighted by Crippen LogP contribution is 2.12. The van der Waals surface area contributed by atoms with Crippen LogP contribution in [0.15, 0.2) is 24.3 Å². The van der Waals surface area contributed by atoms with E-state index >= 15 is 0 Å². The molecule has 0 aliphatic rings. The van der Waals surface area contributed by atoms with E-state index in [4.69, 9.17) is 0 Å².